The Balaban J connectivity index is 1.75. The standard InChI is InChI=1S/C20H34O/c1-13(2)14-6-7-15-18(14,4)10-8-17(3)9-11-19(5,21)16-12-20(15,16)17/h13-16,21H,6-12H2,1-5H3/t14-,15-,16+,17+,18-,19-,20+/m1/s1. The van der Waals surface area contributed by atoms with Crippen molar-refractivity contribution in [2.24, 2.45) is 39.9 Å². The first kappa shape index (κ1) is 14.5. The minimum absolute atomic E-state index is 0.381. The lowest BCUT2D eigenvalue weighted by Crippen LogP contribution is -2.54. The molecule has 0 heterocycles. The molecule has 0 aliphatic heterocycles. The number of rotatable bonds is 1. The zero-order valence-electron chi connectivity index (χ0n) is 14.7. The van der Waals surface area contributed by atoms with Crippen LogP contribution in [0.2, 0.25) is 0 Å². The Morgan fingerprint density at radius 2 is 1.57 bits per heavy atom. The van der Waals surface area contributed by atoms with E-state index >= 15 is 0 Å². The topological polar surface area (TPSA) is 20.2 Å². The third kappa shape index (κ3) is 1.53. The smallest absolute Gasteiger partial charge is 0.0653 e. The van der Waals surface area contributed by atoms with Crippen LogP contribution in [-0.2, 0) is 0 Å². The fourth-order valence-electron chi connectivity index (χ4n) is 7.93. The van der Waals surface area contributed by atoms with E-state index < -0.39 is 0 Å². The first-order valence-electron chi connectivity index (χ1n) is 9.40. The number of hydrogen-bond donors (Lipinski definition) is 1. The van der Waals surface area contributed by atoms with E-state index in [9.17, 15) is 5.11 Å². The molecule has 4 rings (SSSR count). The zero-order valence-corrected chi connectivity index (χ0v) is 14.7. The fraction of sp³-hybridized carbons (Fsp3) is 1.00. The van der Waals surface area contributed by atoms with Gasteiger partial charge in [-0.15, -0.1) is 0 Å². The van der Waals surface area contributed by atoms with E-state index in [-0.39, 0.29) is 5.60 Å². The van der Waals surface area contributed by atoms with Gasteiger partial charge in [-0.2, -0.15) is 0 Å². The van der Waals surface area contributed by atoms with Gasteiger partial charge in [-0.25, -0.2) is 0 Å². The molecule has 1 nitrogen and oxygen atoms in total. The maximum Gasteiger partial charge on any atom is 0.0653 e. The summed E-state index contributed by atoms with van der Waals surface area (Å²) in [6.45, 7) is 12.2. The molecule has 0 aromatic carbocycles. The third-order valence-corrected chi connectivity index (χ3v) is 9.11. The predicted molar refractivity (Wildman–Crippen MR) is 86.9 cm³/mol. The van der Waals surface area contributed by atoms with Gasteiger partial charge in [0.05, 0.1) is 5.60 Å². The highest BCUT2D eigenvalue weighted by molar-refractivity contribution is 5.27. The molecular formula is C20H34O. The minimum Gasteiger partial charge on any atom is -0.390 e. The number of hydrogen-bond acceptors (Lipinski definition) is 1. The normalized spacial score (nSPS) is 62.1. The van der Waals surface area contributed by atoms with E-state index in [4.69, 9.17) is 0 Å². The van der Waals surface area contributed by atoms with E-state index in [2.05, 4.69) is 34.6 Å². The summed E-state index contributed by atoms with van der Waals surface area (Å²) in [6.07, 6.45) is 9.33. The van der Waals surface area contributed by atoms with Crippen LogP contribution in [0.15, 0.2) is 0 Å². The van der Waals surface area contributed by atoms with Gasteiger partial charge >= 0.3 is 0 Å². The van der Waals surface area contributed by atoms with Gasteiger partial charge in [0.2, 0.25) is 0 Å². The molecule has 0 aromatic rings. The van der Waals surface area contributed by atoms with Gasteiger partial charge in [-0.3, -0.25) is 0 Å². The first-order chi connectivity index (χ1) is 9.67. The van der Waals surface area contributed by atoms with Crippen LogP contribution in [0.25, 0.3) is 0 Å². The lowest BCUT2D eigenvalue weighted by atomic mass is 9.46. The highest BCUT2D eigenvalue weighted by Gasteiger charge is 2.78. The average Bonchev–Trinajstić information content (AvgIpc) is 3.06. The Labute approximate surface area is 130 Å². The zero-order chi connectivity index (χ0) is 15.3. The minimum atomic E-state index is -0.381. The summed E-state index contributed by atoms with van der Waals surface area (Å²) < 4.78 is 0. The number of aliphatic hydroxyl groups is 1. The summed E-state index contributed by atoms with van der Waals surface area (Å²) in [4.78, 5) is 0. The molecule has 0 radical (unpaired) electrons. The van der Waals surface area contributed by atoms with E-state index in [0.717, 1.165) is 24.2 Å². The van der Waals surface area contributed by atoms with Crippen molar-refractivity contribution in [1.82, 2.24) is 0 Å². The number of fused-ring (bicyclic) bond motifs is 1. The molecule has 0 aromatic heterocycles. The molecule has 4 fully saturated rings. The predicted octanol–water partition coefficient (Wildman–Crippen LogP) is 5.03. The second-order valence-electron chi connectivity index (χ2n) is 10.2. The van der Waals surface area contributed by atoms with Crippen LogP contribution >= 0.6 is 0 Å². The van der Waals surface area contributed by atoms with Gasteiger partial charge in [0.15, 0.2) is 0 Å². The molecule has 1 spiro atoms. The van der Waals surface area contributed by atoms with Crippen LogP contribution in [0, 0.1) is 39.9 Å². The van der Waals surface area contributed by atoms with Crippen LogP contribution in [0.4, 0.5) is 0 Å². The maximum atomic E-state index is 10.9. The highest BCUT2D eigenvalue weighted by atomic mass is 16.3. The lowest BCUT2D eigenvalue weighted by molar-refractivity contribution is -0.135. The fourth-order valence-corrected chi connectivity index (χ4v) is 7.93. The molecule has 0 saturated heterocycles. The summed E-state index contributed by atoms with van der Waals surface area (Å²) in [6, 6.07) is 0. The van der Waals surface area contributed by atoms with Crippen molar-refractivity contribution in [3.63, 3.8) is 0 Å². The quantitative estimate of drug-likeness (QED) is 0.718. The molecule has 1 N–H and O–H groups in total. The molecule has 0 bridgehead atoms. The van der Waals surface area contributed by atoms with Crippen molar-refractivity contribution in [2.75, 3.05) is 0 Å². The molecule has 0 amide bonds. The van der Waals surface area contributed by atoms with E-state index in [1.807, 2.05) is 0 Å². The Kier molecular flexibility index (Phi) is 2.69. The van der Waals surface area contributed by atoms with Crippen LogP contribution in [0.3, 0.4) is 0 Å². The maximum absolute atomic E-state index is 10.9. The Hall–Kier alpha value is -0.0400. The van der Waals surface area contributed by atoms with E-state index in [1.165, 1.54) is 38.5 Å². The van der Waals surface area contributed by atoms with Crippen molar-refractivity contribution in [3.8, 4) is 0 Å². The average molecular weight is 290 g/mol. The van der Waals surface area contributed by atoms with Crippen LogP contribution in [-0.4, -0.2) is 10.7 Å². The van der Waals surface area contributed by atoms with Crippen LogP contribution in [0.5, 0.6) is 0 Å². The van der Waals surface area contributed by atoms with Gasteiger partial charge in [0, 0.05) is 0 Å². The molecule has 1 heteroatoms. The Bertz CT molecular complexity index is 466. The van der Waals surface area contributed by atoms with Crippen molar-refractivity contribution in [2.45, 2.75) is 85.2 Å². The molecule has 7 atom stereocenters. The molecule has 4 saturated carbocycles. The van der Waals surface area contributed by atoms with Crippen molar-refractivity contribution >= 4 is 0 Å². The highest BCUT2D eigenvalue weighted by Crippen LogP contribution is 2.83. The first-order valence-corrected chi connectivity index (χ1v) is 9.40. The second-order valence-corrected chi connectivity index (χ2v) is 10.2. The van der Waals surface area contributed by atoms with Crippen LogP contribution in [0.1, 0.15) is 79.6 Å². The summed E-state index contributed by atoms with van der Waals surface area (Å²) in [5, 5.41) is 10.9. The largest absolute Gasteiger partial charge is 0.390 e. The van der Waals surface area contributed by atoms with Gasteiger partial charge in [-0.1, -0.05) is 27.7 Å². The lowest BCUT2D eigenvalue weighted by Gasteiger charge is -2.59. The third-order valence-electron chi connectivity index (χ3n) is 9.11. The Morgan fingerprint density at radius 1 is 0.905 bits per heavy atom. The van der Waals surface area contributed by atoms with Crippen LogP contribution < -0.4 is 0 Å². The molecule has 0 unspecified atom stereocenters. The van der Waals surface area contributed by atoms with Gasteiger partial charge in [-0.05, 0) is 91.8 Å². The SMILES string of the molecule is CC(C)[C@H]1CC[C@@H]2[C@]1(C)CC[C@@]1(C)CC[C@@](C)(O)[C@@H]3C[C@]231. The van der Waals surface area contributed by atoms with Gasteiger partial charge < -0.3 is 5.11 Å². The molecular weight excluding hydrogens is 256 g/mol. The van der Waals surface area contributed by atoms with Crippen molar-refractivity contribution in [3.05, 3.63) is 0 Å². The molecule has 4 aliphatic carbocycles. The van der Waals surface area contributed by atoms with Crippen molar-refractivity contribution in [1.29, 1.82) is 0 Å². The monoisotopic (exact) mass is 290 g/mol. The van der Waals surface area contributed by atoms with E-state index in [1.54, 1.807) is 0 Å². The summed E-state index contributed by atoms with van der Waals surface area (Å²) in [7, 11) is 0. The summed E-state index contributed by atoms with van der Waals surface area (Å²) >= 11 is 0. The van der Waals surface area contributed by atoms with Crippen molar-refractivity contribution < 1.29 is 5.11 Å². The summed E-state index contributed by atoms with van der Waals surface area (Å²) in [5.41, 5.74) is 1.19. The Morgan fingerprint density at radius 3 is 2.24 bits per heavy atom. The molecule has 21 heavy (non-hydrogen) atoms. The molecule has 120 valence electrons. The van der Waals surface area contributed by atoms with Gasteiger partial charge in [0.1, 0.15) is 0 Å². The summed E-state index contributed by atoms with van der Waals surface area (Å²) in [5.74, 6) is 3.21. The molecule has 4 aliphatic rings. The second kappa shape index (κ2) is 3.89. The van der Waals surface area contributed by atoms with Gasteiger partial charge in [0.25, 0.3) is 0 Å². The van der Waals surface area contributed by atoms with E-state index in [0.29, 0.717) is 22.2 Å².